The lowest BCUT2D eigenvalue weighted by Gasteiger charge is -2.10. The van der Waals surface area contributed by atoms with Crippen LogP contribution in [0.4, 0.5) is 0 Å². The predicted molar refractivity (Wildman–Crippen MR) is 124 cm³/mol. The van der Waals surface area contributed by atoms with Gasteiger partial charge in [-0.05, 0) is 32.2 Å². The number of hydrogen-bond acceptors (Lipinski definition) is 8. The summed E-state index contributed by atoms with van der Waals surface area (Å²) in [5.41, 5.74) is 2.87. The summed E-state index contributed by atoms with van der Waals surface area (Å²) in [6.07, 6.45) is 1.82. The maximum absolute atomic E-state index is 12.8. The zero-order valence-corrected chi connectivity index (χ0v) is 19.3. The number of aryl methyl sites for hydroxylation is 2. The zero-order chi connectivity index (χ0) is 23.3. The van der Waals surface area contributed by atoms with Crippen molar-refractivity contribution >= 4 is 35.1 Å². The number of rotatable bonds is 7. The molecule has 0 spiro atoms. The minimum Gasteiger partial charge on any atom is -0.293 e. The third-order valence-corrected chi connectivity index (χ3v) is 6.40. The number of carbonyl (C=O) groups is 2. The van der Waals surface area contributed by atoms with Gasteiger partial charge in [0.25, 0.3) is 0 Å². The molecule has 32 heavy (non-hydrogen) atoms. The molecule has 0 fully saturated rings. The summed E-state index contributed by atoms with van der Waals surface area (Å²) in [5, 5.41) is 19.9. The highest BCUT2D eigenvalue weighted by Crippen LogP contribution is 2.26. The van der Waals surface area contributed by atoms with E-state index < -0.39 is 0 Å². The minimum absolute atomic E-state index is 0.0269. The molecule has 0 aliphatic rings. The van der Waals surface area contributed by atoms with Crippen LogP contribution >= 0.6 is 23.5 Å². The molecule has 0 radical (unpaired) electrons. The monoisotopic (exact) mass is 458 g/mol. The number of nitriles is 2. The Balaban J connectivity index is 1.85. The number of thioether (sulfide) groups is 2. The lowest BCUT2D eigenvalue weighted by Crippen LogP contribution is -2.10. The molecule has 0 unspecified atom stereocenters. The molecule has 8 heteroatoms. The number of carbonyl (C=O) groups excluding carboxylic acids is 2. The molecule has 0 saturated carbocycles. The summed E-state index contributed by atoms with van der Waals surface area (Å²) in [6.45, 7) is 3.43. The topological polar surface area (TPSA) is 108 Å². The second kappa shape index (κ2) is 10.2. The van der Waals surface area contributed by atoms with Crippen molar-refractivity contribution < 1.29 is 9.59 Å². The molecule has 0 aliphatic heterocycles. The number of Topliss-reactive ketones (excluding diaryl/α,β-unsaturated/α-hetero) is 1. The van der Waals surface area contributed by atoms with Gasteiger partial charge in [-0.25, -0.2) is 9.97 Å². The molecule has 0 aliphatic carbocycles. The fraction of sp³-hybridized carbons (Fsp3) is 0.167. The van der Waals surface area contributed by atoms with Crippen LogP contribution in [0.1, 0.15) is 48.8 Å². The molecule has 158 valence electrons. The Morgan fingerprint density at radius 2 is 1.47 bits per heavy atom. The normalized spacial score (nSPS) is 10.3. The lowest BCUT2D eigenvalue weighted by molar-refractivity contribution is 0.101. The third kappa shape index (κ3) is 4.88. The average molecular weight is 459 g/mol. The Hall–Kier alpha value is -3.46. The number of nitrogens with zero attached hydrogens (tertiary/aromatic N) is 4. The van der Waals surface area contributed by atoms with Crippen LogP contribution in [-0.2, 0) is 0 Å². The molecule has 3 aromatic rings. The SMILES string of the molecule is CSc1nc(C)c(C(=O)CSc2nc(C)c(C(=O)c3ccccc3)cc2C#N)cc1C#N. The minimum atomic E-state index is -0.211. The first-order chi connectivity index (χ1) is 15.4. The average Bonchev–Trinajstić information content (AvgIpc) is 2.82. The van der Waals surface area contributed by atoms with Gasteiger partial charge >= 0.3 is 0 Å². The van der Waals surface area contributed by atoms with Crippen molar-refractivity contribution in [3.63, 3.8) is 0 Å². The molecule has 1 aromatic carbocycles. The number of benzene rings is 1. The van der Waals surface area contributed by atoms with E-state index in [-0.39, 0.29) is 22.9 Å². The molecule has 0 N–H and O–H groups in total. The van der Waals surface area contributed by atoms with E-state index in [2.05, 4.69) is 22.1 Å². The summed E-state index contributed by atoms with van der Waals surface area (Å²) >= 11 is 2.48. The van der Waals surface area contributed by atoms with Gasteiger partial charge in [-0.3, -0.25) is 9.59 Å². The van der Waals surface area contributed by atoms with Crippen molar-refractivity contribution in [2.24, 2.45) is 0 Å². The molecule has 2 heterocycles. The molecule has 0 saturated heterocycles. The van der Waals surface area contributed by atoms with E-state index in [4.69, 9.17) is 0 Å². The lowest BCUT2D eigenvalue weighted by atomic mass is 10.0. The summed E-state index contributed by atoms with van der Waals surface area (Å²) in [6, 6.07) is 16.0. The number of ketones is 2. The van der Waals surface area contributed by atoms with E-state index in [0.29, 0.717) is 43.7 Å². The highest BCUT2D eigenvalue weighted by molar-refractivity contribution is 8.00. The molecule has 2 aromatic heterocycles. The van der Waals surface area contributed by atoms with Gasteiger partial charge in [0.1, 0.15) is 22.2 Å². The van der Waals surface area contributed by atoms with E-state index in [1.807, 2.05) is 12.3 Å². The Labute approximate surface area is 194 Å². The van der Waals surface area contributed by atoms with Gasteiger partial charge in [0.15, 0.2) is 11.6 Å². The predicted octanol–water partition coefficient (Wildman–Crippen LogP) is 4.76. The second-order valence-corrected chi connectivity index (χ2v) is 8.54. The van der Waals surface area contributed by atoms with Crippen LogP contribution in [0.3, 0.4) is 0 Å². The van der Waals surface area contributed by atoms with E-state index in [1.165, 1.54) is 17.8 Å². The largest absolute Gasteiger partial charge is 0.293 e. The van der Waals surface area contributed by atoms with Crippen molar-refractivity contribution in [2.75, 3.05) is 12.0 Å². The third-order valence-electron chi connectivity index (χ3n) is 4.71. The Morgan fingerprint density at radius 3 is 2.09 bits per heavy atom. The highest BCUT2D eigenvalue weighted by atomic mass is 32.2. The molecule has 6 nitrogen and oxygen atoms in total. The molecule has 0 atom stereocenters. The van der Waals surface area contributed by atoms with E-state index in [1.54, 1.807) is 44.2 Å². The maximum Gasteiger partial charge on any atom is 0.194 e. The zero-order valence-electron chi connectivity index (χ0n) is 17.7. The van der Waals surface area contributed by atoms with Gasteiger partial charge in [-0.1, -0.05) is 42.1 Å². The van der Waals surface area contributed by atoms with Crippen molar-refractivity contribution in [1.29, 1.82) is 10.5 Å². The summed E-state index contributed by atoms with van der Waals surface area (Å²) < 4.78 is 0. The van der Waals surface area contributed by atoms with Gasteiger partial charge in [-0.2, -0.15) is 10.5 Å². The van der Waals surface area contributed by atoms with E-state index in [0.717, 1.165) is 11.8 Å². The molecule has 0 amide bonds. The van der Waals surface area contributed by atoms with E-state index >= 15 is 0 Å². The van der Waals surface area contributed by atoms with Gasteiger partial charge in [0.2, 0.25) is 0 Å². The van der Waals surface area contributed by atoms with Gasteiger partial charge in [0.05, 0.1) is 16.9 Å². The Morgan fingerprint density at radius 1 is 0.906 bits per heavy atom. The quantitative estimate of drug-likeness (QED) is 0.368. The van der Waals surface area contributed by atoms with Gasteiger partial charge in [-0.15, -0.1) is 11.8 Å². The van der Waals surface area contributed by atoms with Crippen LogP contribution in [0, 0.1) is 36.5 Å². The first-order valence-corrected chi connectivity index (χ1v) is 11.7. The molecule has 3 rings (SSSR count). The van der Waals surface area contributed by atoms with Gasteiger partial charge < -0.3 is 0 Å². The summed E-state index contributed by atoms with van der Waals surface area (Å²) in [5.74, 6) is -0.393. The number of hydrogen-bond donors (Lipinski definition) is 0. The van der Waals surface area contributed by atoms with Crippen LogP contribution in [0.25, 0.3) is 0 Å². The molecular formula is C24H18N4O2S2. The summed E-state index contributed by atoms with van der Waals surface area (Å²) in [7, 11) is 0. The van der Waals surface area contributed by atoms with Crippen LogP contribution in [0.2, 0.25) is 0 Å². The number of pyridine rings is 2. The first kappa shape index (κ1) is 23.2. The molecule has 0 bridgehead atoms. The van der Waals surface area contributed by atoms with Crippen molar-refractivity contribution in [3.05, 3.63) is 81.7 Å². The van der Waals surface area contributed by atoms with Crippen LogP contribution in [0.15, 0.2) is 52.5 Å². The van der Waals surface area contributed by atoms with Crippen LogP contribution in [0.5, 0.6) is 0 Å². The smallest absolute Gasteiger partial charge is 0.194 e. The van der Waals surface area contributed by atoms with Crippen molar-refractivity contribution in [2.45, 2.75) is 23.9 Å². The Kier molecular flexibility index (Phi) is 7.42. The fourth-order valence-corrected chi connectivity index (χ4v) is 4.50. The van der Waals surface area contributed by atoms with Crippen LogP contribution < -0.4 is 0 Å². The van der Waals surface area contributed by atoms with Crippen LogP contribution in [-0.4, -0.2) is 33.5 Å². The fourth-order valence-electron chi connectivity index (χ4n) is 3.06. The highest BCUT2D eigenvalue weighted by Gasteiger charge is 2.19. The standard InChI is InChI=1S/C24H18N4O2S2/c1-14-19(9-17(11-25)23(27-14)31-3)21(29)13-32-24-18(12-26)10-20(15(2)28-24)22(30)16-7-5-4-6-8-16/h4-10H,13H2,1-3H3. The van der Waals surface area contributed by atoms with Crippen molar-refractivity contribution in [3.8, 4) is 12.1 Å². The van der Waals surface area contributed by atoms with Crippen molar-refractivity contribution in [1.82, 2.24) is 9.97 Å². The second-order valence-electron chi connectivity index (χ2n) is 6.78. The number of aromatic nitrogens is 2. The van der Waals surface area contributed by atoms with Gasteiger partial charge in [0, 0.05) is 28.1 Å². The van der Waals surface area contributed by atoms with E-state index in [9.17, 15) is 20.1 Å². The maximum atomic E-state index is 12.8. The summed E-state index contributed by atoms with van der Waals surface area (Å²) in [4.78, 5) is 34.4. The Bertz CT molecular complexity index is 1290. The molecular weight excluding hydrogens is 440 g/mol. The first-order valence-electron chi connectivity index (χ1n) is 9.52.